The van der Waals surface area contributed by atoms with Crippen LogP contribution in [0.5, 0.6) is 0 Å². The number of benzene rings is 1. The van der Waals surface area contributed by atoms with E-state index in [9.17, 15) is 0 Å². The summed E-state index contributed by atoms with van der Waals surface area (Å²) in [4.78, 5) is 37.5. The maximum absolute atomic E-state index is 3.98. The molecule has 0 amide bonds. The van der Waals surface area contributed by atoms with Gasteiger partial charge in [-0.1, -0.05) is 270 Å². The zero-order valence-corrected chi connectivity index (χ0v) is 72.3. The summed E-state index contributed by atoms with van der Waals surface area (Å²) in [7, 11) is 0. The Hall–Kier alpha value is -6.69. The van der Waals surface area contributed by atoms with E-state index >= 15 is 0 Å². The summed E-state index contributed by atoms with van der Waals surface area (Å²) in [6.07, 6.45) is 20.7. The number of hydrogen-bond acceptors (Lipinski definition) is 11. The number of thiophene rings is 2. The van der Waals surface area contributed by atoms with Crippen molar-refractivity contribution < 1.29 is 0 Å². The maximum atomic E-state index is 3.98. The first kappa shape index (κ1) is 129. The lowest BCUT2D eigenvalue weighted by Crippen LogP contribution is -1.80. The fourth-order valence-corrected chi connectivity index (χ4v) is 5.32. The van der Waals surface area contributed by atoms with Crippen molar-refractivity contribution in [3.8, 4) is 0 Å². The average molecular weight is 1360 g/mol. The predicted octanol–water partition coefficient (Wildman–Crippen LogP) is 29.7. The van der Waals surface area contributed by atoms with Gasteiger partial charge < -0.3 is 0 Å². The number of nitrogens with zero attached hydrogens (tertiary/aromatic N) is 9. The first-order valence-electron chi connectivity index (χ1n) is 36.2. The summed E-state index contributed by atoms with van der Waals surface area (Å²) < 4.78 is 0. The molecule has 0 spiro atoms. The largest absolute Gasteiger partial charge is 0.265 e. The van der Waals surface area contributed by atoms with Crippen molar-refractivity contribution >= 4 is 22.7 Å². The molecule has 9 nitrogen and oxygen atoms in total. The third-order valence-electron chi connectivity index (χ3n) is 7.76. The molecular weight excluding hydrogens is 1200 g/mol. The second-order valence-electron chi connectivity index (χ2n) is 13.6. The van der Waals surface area contributed by atoms with E-state index in [-0.39, 0.29) is 0 Å². The number of aryl methyl sites for hydroxylation is 11. The van der Waals surface area contributed by atoms with Crippen molar-refractivity contribution in [2.75, 3.05) is 0 Å². The second-order valence-corrected chi connectivity index (χ2v) is 15.8. The minimum atomic E-state index is 0.822. The van der Waals surface area contributed by atoms with Gasteiger partial charge in [0, 0.05) is 83.1 Å². The molecular formula is C84H159N9S2. The third-order valence-corrected chi connectivity index (χ3v) is 9.66. The molecule has 9 rings (SSSR count). The number of aromatic nitrogens is 9. The molecule has 8 heterocycles. The van der Waals surface area contributed by atoms with Crippen LogP contribution in [0.1, 0.15) is 282 Å². The minimum Gasteiger partial charge on any atom is -0.265 e. The van der Waals surface area contributed by atoms with E-state index < -0.39 is 0 Å². The lowest BCUT2D eigenvalue weighted by Gasteiger charge is -1.82. The van der Waals surface area contributed by atoms with Crippen LogP contribution in [0.4, 0.5) is 0 Å². The van der Waals surface area contributed by atoms with Crippen LogP contribution >= 0.6 is 22.7 Å². The molecule has 0 aliphatic carbocycles. The summed E-state index contributed by atoms with van der Waals surface area (Å²) in [6, 6.07) is 31.9. The monoisotopic (exact) mass is 1360 g/mol. The summed E-state index contributed by atoms with van der Waals surface area (Å²) in [5, 5.41) is 4.23. The van der Waals surface area contributed by atoms with Crippen LogP contribution in [-0.2, 0) is 0 Å². The van der Waals surface area contributed by atoms with Crippen molar-refractivity contribution in [3.05, 3.63) is 243 Å². The van der Waals surface area contributed by atoms with Gasteiger partial charge in [-0.2, -0.15) is 0 Å². The molecule has 0 saturated heterocycles. The molecule has 0 atom stereocenters. The van der Waals surface area contributed by atoms with E-state index in [1.54, 1.807) is 84.5 Å². The summed E-state index contributed by atoms with van der Waals surface area (Å²) in [6.45, 7) is 86.4. The van der Waals surface area contributed by atoms with Gasteiger partial charge >= 0.3 is 0 Å². The Kier molecular flexibility index (Phi) is 195. The zero-order chi connectivity index (χ0) is 78.3. The molecule has 552 valence electrons. The van der Waals surface area contributed by atoms with Crippen LogP contribution in [-0.4, -0.2) is 44.9 Å². The number of rotatable bonds is 0. The average Bonchev–Trinajstić information content (AvgIpc) is 3.51. The van der Waals surface area contributed by atoms with Crippen molar-refractivity contribution in [1.29, 1.82) is 0 Å². The highest BCUT2D eigenvalue weighted by Crippen LogP contribution is 2.13. The molecule has 9 aromatic rings. The van der Waals surface area contributed by atoms with Gasteiger partial charge in [0.1, 0.15) is 18.5 Å². The van der Waals surface area contributed by atoms with Crippen LogP contribution in [0.3, 0.4) is 0 Å². The van der Waals surface area contributed by atoms with Crippen molar-refractivity contribution in [1.82, 2.24) is 44.9 Å². The second kappa shape index (κ2) is 144. The molecule has 0 aliphatic heterocycles. The first-order chi connectivity index (χ1) is 46.4. The fraction of sp³-hybridized carbons (Fsp3) is 0.512. The van der Waals surface area contributed by atoms with Gasteiger partial charge in [0.25, 0.3) is 0 Å². The van der Waals surface area contributed by atoms with Gasteiger partial charge in [-0.3, -0.25) is 15.0 Å². The molecule has 0 bridgehead atoms. The quantitative estimate of drug-likeness (QED) is 0.146. The summed E-state index contributed by atoms with van der Waals surface area (Å²) in [5.74, 6) is 0.822. The molecule has 0 fully saturated rings. The predicted molar refractivity (Wildman–Crippen MR) is 448 cm³/mol. The Balaban J connectivity index is -0.0000000501. The van der Waals surface area contributed by atoms with Crippen molar-refractivity contribution in [2.24, 2.45) is 0 Å². The molecule has 0 unspecified atom stereocenters. The Morgan fingerprint density at radius 3 is 0.716 bits per heavy atom. The third kappa shape index (κ3) is 132. The molecule has 0 N–H and O–H groups in total. The van der Waals surface area contributed by atoms with Gasteiger partial charge in [0.2, 0.25) is 0 Å². The van der Waals surface area contributed by atoms with E-state index in [4.69, 9.17) is 0 Å². The highest BCUT2D eigenvalue weighted by Gasteiger charge is 1.88. The SMILES string of the molecule is CC.CC.CC.CC.CC.CC.CC.CC.CC.CC.CC.CC.CC.CC.CC.CC.Cc1ccccc1.Cc1ccccn1.Cc1cccnc1.Cc1ccncc1.Cc1ccncn1.Cc1ccsc1C.Cc1ccsc1C.Cc1cncnc1.Cc1ncccn1. The van der Waals surface area contributed by atoms with Gasteiger partial charge in [-0.05, 0) is 169 Å². The molecule has 95 heavy (non-hydrogen) atoms. The van der Waals surface area contributed by atoms with E-state index in [1.165, 1.54) is 50.2 Å². The Labute approximate surface area is 604 Å². The van der Waals surface area contributed by atoms with Crippen LogP contribution in [0.15, 0.2) is 182 Å². The van der Waals surface area contributed by atoms with E-state index in [0.717, 1.165) is 22.8 Å². The van der Waals surface area contributed by atoms with Gasteiger partial charge in [0.15, 0.2) is 0 Å². The van der Waals surface area contributed by atoms with Crippen molar-refractivity contribution in [2.45, 2.75) is 298 Å². The Bertz CT molecular complexity index is 1900. The lowest BCUT2D eigenvalue weighted by atomic mass is 10.2. The smallest absolute Gasteiger partial charge is 0.125 e. The maximum Gasteiger partial charge on any atom is 0.125 e. The van der Waals surface area contributed by atoms with Gasteiger partial charge in [0.05, 0.1) is 0 Å². The normalized spacial score (nSPS) is 6.89. The fourth-order valence-electron chi connectivity index (χ4n) is 3.86. The first-order valence-corrected chi connectivity index (χ1v) is 37.9. The Morgan fingerprint density at radius 2 is 0.558 bits per heavy atom. The van der Waals surface area contributed by atoms with Crippen LogP contribution in [0, 0.1) is 76.2 Å². The van der Waals surface area contributed by atoms with Gasteiger partial charge in [-0.15, -0.1) is 22.7 Å². The topological polar surface area (TPSA) is 116 Å². The van der Waals surface area contributed by atoms with Gasteiger partial charge in [-0.25, -0.2) is 29.9 Å². The summed E-state index contributed by atoms with van der Waals surface area (Å²) in [5.41, 5.74) is 9.79. The lowest BCUT2D eigenvalue weighted by molar-refractivity contribution is 1.05. The number of hydrogen-bond donors (Lipinski definition) is 0. The molecule has 0 radical (unpaired) electrons. The molecule has 0 saturated carbocycles. The van der Waals surface area contributed by atoms with E-state index in [0.29, 0.717) is 0 Å². The highest BCUT2D eigenvalue weighted by atomic mass is 32.1. The summed E-state index contributed by atoms with van der Waals surface area (Å²) >= 11 is 3.61. The molecule has 0 aliphatic rings. The Morgan fingerprint density at radius 1 is 0.221 bits per heavy atom. The van der Waals surface area contributed by atoms with Crippen LogP contribution < -0.4 is 0 Å². The molecule has 8 aromatic heterocycles. The molecule has 11 heteroatoms. The standard InChI is InChI=1S/C7H8.3C6H7N.2C6H8S.3C5H6N2.16C2H6/c1-7-5-3-2-4-6-7;1-6-2-4-7-5-3-6;1-6-3-2-4-7-5-6;1-6-4-2-3-5-7-6;2*1-5-3-4-7-6(5)2;1-5-2-6-4-7-3-5;1-5-2-3-6-4-7-5;1-5-6-3-2-4-7-5;16*1-2/h2-6H,1H3;3*2-5H,1H3;2*3-4H,1-2H3;3*2-4H,1H3;16*1-2H3. The minimum absolute atomic E-state index is 0.822. The van der Waals surface area contributed by atoms with Crippen molar-refractivity contribution in [3.63, 3.8) is 0 Å². The van der Waals surface area contributed by atoms with Crippen LogP contribution in [0.25, 0.3) is 0 Å². The van der Waals surface area contributed by atoms with E-state index in [2.05, 4.69) is 115 Å². The zero-order valence-electron chi connectivity index (χ0n) is 70.7. The van der Waals surface area contributed by atoms with E-state index in [1.807, 2.05) is 336 Å². The molecule has 1 aromatic carbocycles. The number of pyridine rings is 3. The highest BCUT2D eigenvalue weighted by molar-refractivity contribution is 7.10. The van der Waals surface area contributed by atoms with Crippen LogP contribution in [0.2, 0.25) is 0 Å².